The zero-order valence-corrected chi connectivity index (χ0v) is 18.6. The molecule has 0 unspecified atom stereocenters. The monoisotopic (exact) mass is 505 g/mol. The molecule has 0 bridgehead atoms. The van der Waals surface area contributed by atoms with Gasteiger partial charge in [0.25, 0.3) is 5.56 Å². The van der Waals surface area contributed by atoms with Crippen LogP contribution in [0.5, 0.6) is 11.5 Å². The van der Waals surface area contributed by atoms with Gasteiger partial charge in [0, 0.05) is 17.2 Å². The highest BCUT2D eigenvalue weighted by molar-refractivity contribution is 7.98. The number of ether oxygens (including phenoxy) is 1. The smallest absolute Gasteiger partial charge is 0.419 e. The highest BCUT2D eigenvalue weighted by Gasteiger charge is 2.35. The summed E-state index contributed by atoms with van der Waals surface area (Å²) in [6, 6.07) is 7.85. The van der Waals surface area contributed by atoms with Crippen molar-refractivity contribution in [1.82, 2.24) is 15.0 Å². The third kappa shape index (κ3) is 5.35. The Morgan fingerprint density at radius 3 is 2.60 bits per heavy atom. The maximum atomic E-state index is 14.2. The van der Waals surface area contributed by atoms with Gasteiger partial charge >= 0.3 is 12.2 Å². The number of benzene rings is 2. The molecule has 2 amide bonds. The molecule has 8 nitrogen and oxygen atoms in total. The van der Waals surface area contributed by atoms with E-state index in [2.05, 4.69) is 25.6 Å². The Bertz CT molecular complexity index is 1480. The molecular formula is C22H15F4N5O3S. The summed E-state index contributed by atoms with van der Waals surface area (Å²) in [5.74, 6) is -0.923. The number of pyridine rings is 1. The number of alkyl halides is 3. The summed E-state index contributed by atoms with van der Waals surface area (Å²) >= 11 is 1.26. The number of nitrogens with zero attached hydrogens (tertiary/aromatic N) is 2. The predicted molar refractivity (Wildman–Crippen MR) is 122 cm³/mol. The first-order valence-electron chi connectivity index (χ1n) is 9.79. The van der Waals surface area contributed by atoms with Crippen LogP contribution in [0, 0.1) is 5.82 Å². The fourth-order valence-electron chi connectivity index (χ4n) is 3.10. The molecule has 13 heteroatoms. The van der Waals surface area contributed by atoms with Crippen LogP contribution >= 0.6 is 11.8 Å². The summed E-state index contributed by atoms with van der Waals surface area (Å²) in [6.07, 6.45) is -0.603. The van der Waals surface area contributed by atoms with Crippen LogP contribution in [-0.4, -0.2) is 27.2 Å². The zero-order chi connectivity index (χ0) is 25.2. The van der Waals surface area contributed by atoms with Crippen LogP contribution in [0.15, 0.2) is 64.5 Å². The third-order valence-electron chi connectivity index (χ3n) is 4.65. The number of carbonyl (C=O) groups is 1. The molecule has 0 aliphatic carbocycles. The average molecular weight is 505 g/mol. The number of thioether (sulfide) groups is 1. The van der Waals surface area contributed by atoms with E-state index in [0.717, 1.165) is 18.3 Å². The van der Waals surface area contributed by atoms with Gasteiger partial charge in [-0.1, -0.05) is 6.07 Å². The molecule has 3 N–H and O–H groups in total. The molecule has 0 radical (unpaired) electrons. The number of amides is 2. The van der Waals surface area contributed by atoms with Crippen molar-refractivity contribution in [2.75, 3.05) is 16.9 Å². The van der Waals surface area contributed by atoms with E-state index in [1.54, 1.807) is 18.4 Å². The number of anilines is 2. The second kappa shape index (κ2) is 9.62. The number of hydrogen-bond acceptors (Lipinski definition) is 6. The summed E-state index contributed by atoms with van der Waals surface area (Å²) < 4.78 is 58.8. The van der Waals surface area contributed by atoms with Crippen molar-refractivity contribution in [2.24, 2.45) is 0 Å². The number of H-pyrrole nitrogens is 1. The van der Waals surface area contributed by atoms with Crippen molar-refractivity contribution in [3.63, 3.8) is 0 Å². The van der Waals surface area contributed by atoms with E-state index < -0.39 is 34.8 Å². The topological polar surface area (TPSA) is 109 Å². The highest BCUT2D eigenvalue weighted by atomic mass is 32.2. The van der Waals surface area contributed by atoms with Gasteiger partial charge in [0.15, 0.2) is 17.2 Å². The van der Waals surface area contributed by atoms with Gasteiger partial charge in [0.1, 0.15) is 11.3 Å². The fourth-order valence-corrected chi connectivity index (χ4v) is 3.67. The maximum absolute atomic E-state index is 14.2. The Balaban J connectivity index is 1.53. The van der Waals surface area contributed by atoms with Gasteiger partial charge in [-0.3, -0.25) is 4.79 Å². The summed E-state index contributed by atoms with van der Waals surface area (Å²) in [5, 5.41) is 4.57. The molecule has 2 aromatic heterocycles. The van der Waals surface area contributed by atoms with Crippen LogP contribution in [0.2, 0.25) is 0 Å². The number of aromatic nitrogens is 3. The normalized spacial score (nSPS) is 11.3. The Labute approximate surface area is 198 Å². The second-order valence-corrected chi connectivity index (χ2v) is 7.81. The number of urea groups is 1. The largest absolute Gasteiger partial charge is 0.455 e. The minimum atomic E-state index is -4.90. The maximum Gasteiger partial charge on any atom is 0.419 e. The summed E-state index contributed by atoms with van der Waals surface area (Å²) in [6.45, 7) is 0. The van der Waals surface area contributed by atoms with Gasteiger partial charge in [-0.25, -0.2) is 19.2 Å². The number of rotatable bonds is 5. The van der Waals surface area contributed by atoms with Crippen molar-refractivity contribution in [2.45, 2.75) is 11.1 Å². The van der Waals surface area contributed by atoms with Gasteiger partial charge < -0.3 is 20.4 Å². The summed E-state index contributed by atoms with van der Waals surface area (Å²) in [4.78, 5) is 35.1. The number of nitrogens with one attached hydrogen (secondary N) is 3. The van der Waals surface area contributed by atoms with E-state index in [1.807, 2.05) is 0 Å². The number of fused-ring (bicyclic) bond motifs is 1. The Hall–Kier alpha value is -4.13. The molecule has 2 heterocycles. The zero-order valence-electron chi connectivity index (χ0n) is 17.7. The average Bonchev–Trinajstić information content (AvgIpc) is 2.81. The van der Waals surface area contributed by atoms with Crippen molar-refractivity contribution in [3.8, 4) is 11.5 Å². The van der Waals surface area contributed by atoms with E-state index in [9.17, 15) is 27.2 Å². The second-order valence-electron chi connectivity index (χ2n) is 6.96. The summed E-state index contributed by atoms with van der Waals surface area (Å²) in [7, 11) is 0. The van der Waals surface area contributed by atoms with Crippen molar-refractivity contribution >= 4 is 40.3 Å². The van der Waals surface area contributed by atoms with Gasteiger partial charge in [-0.15, -0.1) is 11.8 Å². The molecule has 0 aliphatic heterocycles. The quantitative estimate of drug-likeness (QED) is 0.240. The predicted octanol–water partition coefficient (Wildman–Crippen LogP) is 5.63. The molecule has 0 spiro atoms. The van der Waals surface area contributed by atoms with Gasteiger partial charge in [0.2, 0.25) is 0 Å². The lowest BCUT2D eigenvalue weighted by molar-refractivity contribution is -0.139. The first-order valence-corrected chi connectivity index (χ1v) is 11.0. The van der Waals surface area contributed by atoms with Crippen LogP contribution in [-0.2, 0) is 6.18 Å². The van der Waals surface area contributed by atoms with E-state index in [0.29, 0.717) is 33.7 Å². The van der Waals surface area contributed by atoms with E-state index in [4.69, 9.17) is 4.74 Å². The molecule has 0 atom stereocenters. The van der Waals surface area contributed by atoms with E-state index in [-0.39, 0.29) is 5.65 Å². The van der Waals surface area contributed by atoms with Gasteiger partial charge in [0.05, 0.1) is 23.1 Å². The summed E-state index contributed by atoms with van der Waals surface area (Å²) in [5.41, 5.74) is -1.64. The number of hydrogen-bond donors (Lipinski definition) is 3. The van der Waals surface area contributed by atoms with E-state index >= 15 is 0 Å². The minimum absolute atomic E-state index is 0.281. The Kier molecular flexibility index (Phi) is 6.60. The molecule has 180 valence electrons. The standard InChI is InChI=1S/C22H15F4N5O3S/c1-35-16-9-11(34-15-7-8-27-20-19(15)31-17(32)10-28-20)5-6-13(16)29-21(33)30-14-4-2-3-12(18(14)23)22(24,25)26/h2-10H,1H3,(H,31,32)(H2,29,30,33). The molecule has 0 saturated carbocycles. The minimum Gasteiger partial charge on any atom is -0.455 e. The van der Waals surface area contributed by atoms with Crippen LogP contribution < -0.4 is 20.9 Å². The molecule has 0 saturated heterocycles. The van der Waals surface area contributed by atoms with Gasteiger partial charge in [-0.05, 0) is 36.6 Å². The molecular weight excluding hydrogens is 490 g/mol. The van der Waals surface area contributed by atoms with E-state index in [1.165, 1.54) is 30.1 Å². The fraction of sp³-hybridized carbons (Fsp3) is 0.0909. The van der Waals surface area contributed by atoms with Crippen molar-refractivity contribution in [1.29, 1.82) is 0 Å². The van der Waals surface area contributed by atoms with Gasteiger partial charge in [-0.2, -0.15) is 13.2 Å². The molecule has 35 heavy (non-hydrogen) atoms. The van der Waals surface area contributed by atoms with Crippen molar-refractivity contribution in [3.05, 3.63) is 76.6 Å². The molecule has 4 aromatic rings. The molecule has 0 fully saturated rings. The van der Waals surface area contributed by atoms with Crippen LogP contribution in [0.1, 0.15) is 5.56 Å². The lowest BCUT2D eigenvalue weighted by Crippen LogP contribution is -2.21. The van der Waals surface area contributed by atoms with Crippen LogP contribution in [0.25, 0.3) is 11.2 Å². The first kappa shape index (κ1) is 24.0. The van der Waals surface area contributed by atoms with Crippen molar-refractivity contribution < 1.29 is 27.1 Å². The van der Waals surface area contributed by atoms with Crippen LogP contribution in [0.4, 0.5) is 33.7 Å². The lowest BCUT2D eigenvalue weighted by atomic mass is 10.2. The Morgan fingerprint density at radius 2 is 1.86 bits per heavy atom. The molecule has 0 aliphatic rings. The number of halogens is 4. The molecule has 2 aromatic carbocycles. The molecule has 4 rings (SSSR count). The Morgan fingerprint density at radius 1 is 1.09 bits per heavy atom. The highest BCUT2D eigenvalue weighted by Crippen LogP contribution is 2.35. The third-order valence-corrected chi connectivity index (χ3v) is 5.42. The number of carbonyl (C=O) groups excluding carboxylic acids is 1. The lowest BCUT2D eigenvalue weighted by Gasteiger charge is -2.15. The number of aromatic amines is 1. The SMILES string of the molecule is CSc1cc(Oc2ccnc3ncc(=O)[nH]c23)ccc1NC(=O)Nc1cccc(C(F)(F)F)c1F. The van der Waals surface area contributed by atoms with Crippen LogP contribution in [0.3, 0.4) is 0 Å². The first-order chi connectivity index (χ1) is 16.7.